The molecule has 98 valence electrons. The molecule has 0 radical (unpaired) electrons. The zero-order valence-electron chi connectivity index (χ0n) is 11.1. The van der Waals surface area contributed by atoms with Crippen molar-refractivity contribution in [1.82, 2.24) is 10.2 Å². The van der Waals surface area contributed by atoms with Crippen LogP contribution in [0.4, 0.5) is 4.39 Å². The highest BCUT2D eigenvalue weighted by Crippen LogP contribution is 2.38. The van der Waals surface area contributed by atoms with Crippen molar-refractivity contribution in [3.63, 3.8) is 0 Å². The van der Waals surface area contributed by atoms with E-state index in [1.54, 1.807) is 4.90 Å². The molecule has 0 aliphatic carbocycles. The molecule has 4 heteroatoms. The summed E-state index contributed by atoms with van der Waals surface area (Å²) >= 11 is 0. The number of likely N-dealkylation sites (tertiary alicyclic amines) is 1. The molecular formula is C13H23FN2O. The lowest BCUT2D eigenvalue weighted by atomic mass is 9.78. The zero-order chi connectivity index (χ0) is 12.7. The molecule has 2 aliphatic heterocycles. The zero-order valence-corrected chi connectivity index (χ0v) is 11.1. The predicted octanol–water partition coefficient (Wildman–Crippen LogP) is 1.58. The molecular weight excluding hydrogens is 219 g/mol. The molecule has 0 aromatic heterocycles. The summed E-state index contributed by atoms with van der Waals surface area (Å²) in [6, 6.07) is 0. The van der Waals surface area contributed by atoms with Crippen LogP contribution in [0.5, 0.6) is 0 Å². The van der Waals surface area contributed by atoms with Gasteiger partial charge in [-0.3, -0.25) is 4.79 Å². The molecule has 0 spiro atoms. The van der Waals surface area contributed by atoms with Crippen LogP contribution in [-0.4, -0.2) is 42.7 Å². The minimum absolute atomic E-state index is 0.151. The Balaban J connectivity index is 2.03. The number of halogens is 1. The first kappa shape index (κ1) is 12.8. The summed E-state index contributed by atoms with van der Waals surface area (Å²) in [4.78, 5) is 13.9. The van der Waals surface area contributed by atoms with E-state index >= 15 is 0 Å². The molecule has 0 saturated carbocycles. The smallest absolute Gasteiger partial charge is 0.261 e. The molecule has 0 unspecified atom stereocenters. The summed E-state index contributed by atoms with van der Waals surface area (Å²) in [5.41, 5.74) is -1.50. The molecule has 2 heterocycles. The van der Waals surface area contributed by atoms with E-state index in [2.05, 4.69) is 26.1 Å². The molecule has 2 atom stereocenters. The van der Waals surface area contributed by atoms with Gasteiger partial charge >= 0.3 is 0 Å². The SMILES string of the molecule is CC(C)[C@@]1(C)CCN(C(=O)[C@@]2(F)CCNC2)C1. The van der Waals surface area contributed by atoms with Crippen molar-refractivity contribution in [2.45, 2.75) is 39.3 Å². The third-order valence-electron chi connectivity index (χ3n) is 4.67. The Bertz CT molecular complexity index is 313. The lowest BCUT2D eigenvalue weighted by Gasteiger charge is -2.30. The Labute approximate surface area is 103 Å². The maximum Gasteiger partial charge on any atom is 0.261 e. The normalized spacial score (nSPS) is 38.1. The van der Waals surface area contributed by atoms with E-state index in [1.165, 1.54) is 0 Å². The van der Waals surface area contributed by atoms with Gasteiger partial charge in [0.25, 0.3) is 5.91 Å². The van der Waals surface area contributed by atoms with E-state index < -0.39 is 5.67 Å². The van der Waals surface area contributed by atoms with E-state index in [0.29, 0.717) is 32.0 Å². The minimum Gasteiger partial charge on any atom is -0.339 e. The lowest BCUT2D eigenvalue weighted by molar-refractivity contribution is -0.142. The Hall–Kier alpha value is -0.640. The lowest BCUT2D eigenvalue weighted by Crippen LogP contribution is -2.47. The molecule has 17 heavy (non-hydrogen) atoms. The van der Waals surface area contributed by atoms with E-state index in [9.17, 15) is 9.18 Å². The molecule has 0 aromatic rings. The van der Waals surface area contributed by atoms with Crippen LogP contribution in [-0.2, 0) is 4.79 Å². The van der Waals surface area contributed by atoms with E-state index in [-0.39, 0.29) is 17.9 Å². The van der Waals surface area contributed by atoms with Crippen molar-refractivity contribution in [2.24, 2.45) is 11.3 Å². The topological polar surface area (TPSA) is 32.3 Å². The first-order valence-corrected chi connectivity index (χ1v) is 6.56. The Morgan fingerprint density at radius 1 is 1.41 bits per heavy atom. The average Bonchev–Trinajstić information content (AvgIpc) is 2.86. The van der Waals surface area contributed by atoms with Crippen LogP contribution in [0.25, 0.3) is 0 Å². The molecule has 2 aliphatic rings. The largest absolute Gasteiger partial charge is 0.339 e. The number of alkyl halides is 1. The predicted molar refractivity (Wildman–Crippen MR) is 65.5 cm³/mol. The molecule has 3 nitrogen and oxygen atoms in total. The highest BCUT2D eigenvalue weighted by atomic mass is 19.1. The number of nitrogens with zero attached hydrogens (tertiary/aromatic N) is 1. The Morgan fingerprint density at radius 2 is 2.12 bits per heavy atom. The summed E-state index contributed by atoms with van der Waals surface area (Å²) in [5.74, 6) is 0.226. The van der Waals surface area contributed by atoms with Crippen LogP contribution < -0.4 is 5.32 Å². The molecule has 1 N–H and O–H groups in total. The number of hydrogen-bond acceptors (Lipinski definition) is 2. The van der Waals surface area contributed by atoms with Crippen LogP contribution in [0.2, 0.25) is 0 Å². The van der Waals surface area contributed by atoms with Gasteiger partial charge in [-0.25, -0.2) is 4.39 Å². The van der Waals surface area contributed by atoms with Gasteiger partial charge in [-0.15, -0.1) is 0 Å². The van der Waals surface area contributed by atoms with Gasteiger partial charge in [-0.05, 0) is 24.3 Å². The van der Waals surface area contributed by atoms with Crippen LogP contribution in [0.1, 0.15) is 33.6 Å². The summed E-state index contributed by atoms with van der Waals surface area (Å²) in [6.45, 7) is 8.75. The second-order valence-electron chi connectivity index (χ2n) is 6.18. The van der Waals surface area contributed by atoms with Crippen molar-refractivity contribution in [3.05, 3.63) is 0 Å². The van der Waals surface area contributed by atoms with Crippen molar-refractivity contribution in [3.8, 4) is 0 Å². The van der Waals surface area contributed by atoms with Crippen LogP contribution in [0.3, 0.4) is 0 Å². The van der Waals surface area contributed by atoms with Gasteiger partial charge < -0.3 is 10.2 Å². The fraction of sp³-hybridized carbons (Fsp3) is 0.923. The molecule has 0 aromatic carbocycles. The number of rotatable bonds is 2. The van der Waals surface area contributed by atoms with E-state index in [4.69, 9.17) is 0 Å². The third kappa shape index (κ3) is 2.19. The number of amides is 1. The Kier molecular flexibility index (Phi) is 3.19. The molecule has 0 bridgehead atoms. The fourth-order valence-electron chi connectivity index (χ4n) is 2.76. The van der Waals surface area contributed by atoms with Crippen molar-refractivity contribution in [1.29, 1.82) is 0 Å². The van der Waals surface area contributed by atoms with Gasteiger partial charge in [-0.2, -0.15) is 0 Å². The van der Waals surface area contributed by atoms with Crippen molar-refractivity contribution >= 4 is 5.91 Å². The third-order valence-corrected chi connectivity index (χ3v) is 4.67. The summed E-state index contributed by atoms with van der Waals surface area (Å²) in [5, 5.41) is 2.94. The van der Waals surface area contributed by atoms with Crippen molar-refractivity contribution in [2.75, 3.05) is 26.2 Å². The monoisotopic (exact) mass is 242 g/mol. The second kappa shape index (κ2) is 4.23. The first-order valence-electron chi connectivity index (χ1n) is 6.56. The van der Waals surface area contributed by atoms with Gasteiger partial charge in [-0.1, -0.05) is 20.8 Å². The van der Waals surface area contributed by atoms with Crippen molar-refractivity contribution < 1.29 is 9.18 Å². The molecule has 1 amide bonds. The minimum atomic E-state index is -1.65. The molecule has 2 fully saturated rings. The molecule has 2 saturated heterocycles. The van der Waals surface area contributed by atoms with Gasteiger partial charge in [0, 0.05) is 26.1 Å². The van der Waals surface area contributed by atoms with Gasteiger partial charge in [0.2, 0.25) is 5.67 Å². The van der Waals surface area contributed by atoms with Crippen LogP contribution in [0.15, 0.2) is 0 Å². The maximum atomic E-state index is 14.4. The van der Waals surface area contributed by atoms with Gasteiger partial charge in [0.05, 0.1) is 0 Å². The fourth-order valence-corrected chi connectivity index (χ4v) is 2.76. The second-order valence-corrected chi connectivity index (χ2v) is 6.18. The maximum absolute atomic E-state index is 14.4. The summed E-state index contributed by atoms with van der Waals surface area (Å²) in [6.07, 6.45) is 1.31. The van der Waals surface area contributed by atoms with Gasteiger partial charge in [0.15, 0.2) is 0 Å². The first-order chi connectivity index (χ1) is 7.87. The highest BCUT2D eigenvalue weighted by molar-refractivity contribution is 5.86. The highest BCUT2D eigenvalue weighted by Gasteiger charge is 2.48. The van der Waals surface area contributed by atoms with Gasteiger partial charge in [0.1, 0.15) is 0 Å². The van der Waals surface area contributed by atoms with E-state index in [0.717, 1.165) is 6.42 Å². The summed E-state index contributed by atoms with van der Waals surface area (Å²) in [7, 11) is 0. The number of hydrogen-bond donors (Lipinski definition) is 1. The average molecular weight is 242 g/mol. The standard InChI is InChI=1S/C13H23FN2O/c1-10(2)12(3)5-7-16(9-12)11(17)13(14)4-6-15-8-13/h10,15H,4-9H2,1-3H3/t12-,13+/m0/s1. The summed E-state index contributed by atoms with van der Waals surface area (Å²) < 4.78 is 14.4. The quantitative estimate of drug-likeness (QED) is 0.797. The number of carbonyl (C=O) groups excluding carboxylic acids is 1. The molecule has 2 rings (SSSR count). The Morgan fingerprint density at radius 3 is 2.59 bits per heavy atom. The number of nitrogens with one attached hydrogen (secondary N) is 1. The van der Waals surface area contributed by atoms with Crippen LogP contribution in [0, 0.1) is 11.3 Å². The number of carbonyl (C=O) groups is 1. The van der Waals surface area contributed by atoms with E-state index in [1.807, 2.05) is 0 Å². The van der Waals surface area contributed by atoms with Crippen LogP contribution >= 0.6 is 0 Å².